The van der Waals surface area contributed by atoms with E-state index in [2.05, 4.69) is 93.1 Å². The van der Waals surface area contributed by atoms with Crippen LogP contribution in [0.2, 0.25) is 0 Å². The molecule has 1 aromatic rings. The van der Waals surface area contributed by atoms with E-state index in [1.807, 2.05) is 0 Å². The van der Waals surface area contributed by atoms with E-state index in [0.29, 0.717) is 0 Å². The van der Waals surface area contributed by atoms with Gasteiger partial charge in [0.15, 0.2) is 0 Å². The van der Waals surface area contributed by atoms with Gasteiger partial charge in [0, 0.05) is 5.56 Å². The first-order chi connectivity index (χ1) is 25.5. The van der Waals surface area contributed by atoms with E-state index in [1.165, 1.54) is 235 Å². The lowest BCUT2D eigenvalue weighted by Crippen LogP contribution is -3.00. The average Bonchev–Trinajstić information content (AvgIpc) is 3.14. The molecule has 0 N–H and O–H groups in total. The van der Waals surface area contributed by atoms with E-state index in [1.54, 1.807) is 0 Å². The molecular formula is C51H102Cl2N2. The standard InChI is InChI=1S/C29H54N.C22H48N.2ClH/c1-6-7-8-9-10-11-12-13-14-15-16-17-18-19-20-24-27-30(4,5)29(2,3)28-25-22-21-23-26-28;1-5-7-9-11-13-15-17-19-21-23(3,4)22-20-18-16-14-12-10-8-6-2;;/h21-23,25-26H,6-20,24,27H2,1-5H3;5-22H2,1-4H3;2*1H/q2*+1;;/p-2. The number of nitrogens with zero attached hydrogens (tertiary/aromatic N) is 2. The van der Waals surface area contributed by atoms with Gasteiger partial charge in [-0.25, -0.2) is 0 Å². The van der Waals surface area contributed by atoms with Crippen LogP contribution in [0.1, 0.15) is 246 Å². The second kappa shape index (κ2) is 40.5. The molecule has 0 atom stereocenters. The summed E-state index contributed by atoms with van der Waals surface area (Å²) < 4.78 is 2.31. The molecule has 0 fully saturated rings. The fourth-order valence-electron chi connectivity index (χ4n) is 7.99. The second-order valence-corrected chi connectivity index (χ2v) is 19.0. The quantitative estimate of drug-likeness (QED) is 0.0464. The van der Waals surface area contributed by atoms with Gasteiger partial charge in [-0.3, -0.25) is 0 Å². The van der Waals surface area contributed by atoms with Crippen molar-refractivity contribution in [3.8, 4) is 0 Å². The molecule has 1 rings (SSSR count). The minimum absolute atomic E-state index is 0. The molecular weight excluding hydrogens is 711 g/mol. The van der Waals surface area contributed by atoms with Crippen molar-refractivity contribution >= 4 is 0 Å². The van der Waals surface area contributed by atoms with E-state index in [-0.39, 0.29) is 30.4 Å². The number of quaternary nitrogens is 2. The van der Waals surface area contributed by atoms with E-state index in [4.69, 9.17) is 0 Å². The van der Waals surface area contributed by atoms with Crippen molar-refractivity contribution in [1.82, 2.24) is 0 Å². The maximum atomic E-state index is 2.43. The number of hydrogen-bond acceptors (Lipinski definition) is 0. The van der Waals surface area contributed by atoms with Crippen LogP contribution in [0, 0.1) is 0 Å². The highest BCUT2D eigenvalue weighted by atomic mass is 35.5. The number of hydrogen-bond donors (Lipinski definition) is 0. The Balaban J connectivity index is -0.000000981. The van der Waals surface area contributed by atoms with Crippen molar-refractivity contribution in [2.45, 2.75) is 246 Å². The topological polar surface area (TPSA) is 0 Å². The molecule has 0 unspecified atom stereocenters. The first kappa shape index (κ1) is 59.0. The van der Waals surface area contributed by atoms with Gasteiger partial charge in [-0.2, -0.15) is 0 Å². The van der Waals surface area contributed by atoms with Gasteiger partial charge in [-0.15, -0.1) is 0 Å². The van der Waals surface area contributed by atoms with E-state index in [9.17, 15) is 0 Å². The minimum Gasteiger partial charge on any atom is -1.00 e. The molecule has 0 amide bonds. The zero-order valence-corrected chi connectivity index (χ0v) is 40.8. The van der Waals surface area contributed by atoms with Crippen LogP contribution in [-0.2, 0) is 5.54 Å². The molecule has 2 nitrogen and oxygen atoms in total. The molecule has 0 radical (unpaired) electrons. The zero-order valence-electron chi connectivity index (χ0n) is 39.3. The maximum absolute atomic E-state index is 2.43. The zero-order chi connectivity index (χ0) is 39.4. The molecule has 4 heteroatoms. The molecule has 0 aliphatic heterocycles. The first-order valence-corrected chi connectivity index (χ1v) is 24.2. The minimum atomic E-state index is 0. The molecule has 0 aliphatic rings. The highest BCUT2D eigenvalue weighted by Crippen LogP contribution is 2.32. The smallest absolute Gasteiger partial charge is 0.119 e. The molecule has 0 saturated carbocycles. The summed E-state index contributed by atoms with van der Waals surface area (Å²) in [5, 5.41) is 0. The van der Waals surface area contributed by atoms with Crippen molar-refractivity contribution in [1.29, 1.82) is 0 Å². The van der Waals surface area contributed by atoms with Gasteiger partial charge < -0.3 is 33.8 Å². The van der Waals surface area contributed by atoms with Crippen LogP contribution in [0.25, 0.3) is 0 Å². The molecule has 0 saturated heterocycles. The van der Waals surface area contributed by atoms with Gasteiger partial charge in [0.05, 0.1) is 47.8 Å². The normalized spacial score (nSPS) is 11.8. The molecule has 0 bridgehead atoms. The second-order valence-electron chi connectivity index (χ2n) is 19.0. The van der Waals surface area contributed by atoms with Crippen molar-refractivity contribution in [2.24, 2.45) is 0 Å². The number of unbranched alkanes of at least 4 members (excludes halogenated alkanes) is 29. The van der Waals surface area contributed by atoms with Crippen molar-refractivity contribution in [3.05, 3.63) is 35.9 Å². The summed E-state index contributed by atoms with van der Waals surface area (Å²) in [5.74, 6) is 0. The Morgan fingerprint density at radius 3 is 0.855 bits per heavy atom. The van der Waals surface area contributed by atoms with Crippen LogP contribution in [0.15, 0.2) is 30.3 Å². The Morgan fingerprint density at radius 1 is 0.345 bits per heavy atom. The van der Waals surface area contributed by atoms with Crippen LogP contribution < -0.4 is 24.8 Å². The van der Waals surface area contributed by atoms with Crippen LogP contribution in [0.5, 0.6) is 0 Å². The number of benzene rings is 1. The fourth-order valence-corrected chi connectivity index (χ4v) is 7.99. The Labute approximate surface area is 361 Å². The summed E-state index contributed by atoms with van der Waals surface area (Å²) in [5.41, 5.74) is 1.61. The lowest BCUT2D eigenvalue weighted by Gasteiger charge is -2.45. The molecule has 55 heavy (non-hydrogen) atoms. The summed E-state index contributed by atoms with van der Waals surface area (Å²) in [4.78, 5) is 0. The van der Waals surface area contributed by atoms with Crippen LogP contribution in [0.3, 0.4) is 0 Å². The Morgan fingerprint density at radius 2 is 0.582 bits per heavy atom. The predicted molar refractivity (Wildman–Crippen MR) is 243 cm³/mol. The summed E-state index contributed by atoms with van der Waals surface area (Å²) in [6, 6.07) is 11.0. The summed E-state index contributed by atoms with van der Waals surface area (Å²) in [7, 11) is 9.67. The highest BCUT2D eigenvalue weighted by Gasteiger charge is 2.37. The van der Waals surface area contributed by atoms with Gasteiger partial charge in [-0.05, 0) is 52.4 Å². The van der Waals surface area contributed by atoms with E-state index in [0.717, 1.165) is 4.48 Å². The Kier molecular flexibility index (Phi) is 43.5. The average molecular weight is 814 g/mol. The van der Waals surface area contributed by atoms with Gasteiger partial charge in [0.1, 0.15) is 5.54 Å². The van der Waals surface area contributed by atoms with Gasteiger partial charge in [0.2, 0.25) is 0 Å². The molecule has 1 aromatic carbocycles. The molecule has 0 aliphatic carbocycles. The largest absolute Gasteiger partial charge is 1.00 e. The summed E-state index contributed by atoms with van der Waals surface area (Å²) in [6.07, 6.45) is 46.1. The van der Waals surface area contributed by atoms with Crippen LogP contribution in [0.4, 0.5) is 0 Å². The highest BCUT2D eigenvalue weighted by molar-refractivity contribution is 5.20. The van der Waals surface area contributed by atoms with Gasteiger partial charge >= 0.3 is 0 Å². The lowest BCUT2D eigenvalue weighted by atomic mass is 9.90. The lowest BCUT2D eigenvalue weighted by molar-refractivity contribution is -0.945. The third-order valence-electron chi connectivity index (χ3n) is 12.8. The van der Waals surface area contributed by atoms with Gasteiger partial charge in [0.25, 0.3) is 0 Å². The van der Waals surface area contributed by atoms with Crippen molar-refractivity contribution in [2.75, 3.05) is 47.8 Å². The predicted octanol–water partition coefficient (Wildman–Crippen LogP) is 10.6. The third kappa shape index (κ3) is 35.4. The molecule has 330 valence electrons. The first-order valence-electron chi connectivity index (χ1n) is 24.2. The van der Waals surface area contributed by atoms with Crippen LogP contribution in [-0.4, -0.2) is 56.8 Å². The van der Waals surface area contributed by atoms with E-state index >= 15 is 0 Å². The molecule has 0 heterocycles. The van der Waals surface area contributed by atoms with Crippen molar-refractivity contribution < 1.29 is 33.8 Å². The Bertz CT molecular complexity index is 847. The molecule has 0 spiro atoms. The third-order valence-corrected chi connectivity index (χ3v) is 12.8. The molecule has 0 aromatic heterocycles. The fraction of sp³-hybridized carbons (Fsp3) is 0.882. The number of rotatable bonds is 37. The van der Waals surface area contributed by atoms with E-state index < -0.39 is 0 Å². The maximum Gasteiger partial charge on any atom is 0.119 e. The Hall–Kier alpha value is -0.280. The summed E-state index contributed by atoms with van der Waals surface area (Å²) >= 11 is 0. The summed E-state index contributed by atoms with van der Waals surface area (Å²) in [6.45, 7) is 15.7. The SMILES string of the molecule is CCCCCCCCCCCCCCCCCC[N+](C)(C)C(C)(C)c1ccccc1.CCCCCCCCCC[N+](C)(C)CCCCCCCCCC.[Cl-].[Cl-]. The monoisotopic (exact) mass is 813 g/mol. The number of halogens is 2. The van der Waals surface area contributed by atoms with Crippen molar-refractivity contribution in [3.63, 3.8) is 0 Å². The van der Waals surface area contributed by atoms with Gasteiger partial charge in [-0.1, -0.05) is 218 Å². The van der Waals surface area contributed by atoms with Crippen LogP contribution >= 0.6 is 0 Å².